The lowest BCUT2D eigenvalue weighted by Gasteiger charge is -2.14. The second kappa shape index (κ2) is 4.98. The molecule has 17 heavy (non-hydrogen) atoms. The van der Waals surface area contributed by atoms with Crippen LogP contribution in [0.25, 0.3) is 0 Å². The zero-order chi connectivity index (χ0) is 12.3. The average molecular weight is 252 g/mol. The molecule has 92 valence electrons. The summed E-state index contributed by atoms with van der Waals surface area (Å²) in [6, 6.07) is 7.68. The molecule has 1 aliphatic heterocycles. The molecule has 1 aliphatic rings. The van der Waals surface area contributed by atoms with E-state index in [1.165, 1.54) is 0 Å². The lowest BCUT2D eigenvalue weighted by atomic mass is 10.1. The molecule has 1 aromatic rings. The van der Waals surface area contributed by atoms with Crippen molar-refractivity contribution in [2.75, 3.05) is 24.8 Å². The number of aliphatic hydroxyl groups excluding tert-OH is 1. The Hall–Kier alpha value is -1.20. The third-order valence-corrected chi connectivity index (χ3v) is 3.81. The van der Waals surface area contributed by atoms with Crippen LogP contribution in [-0.4, -0.2) is 35.3 Å². The molecule has 2 rings (SSSR count). The number of thioether (sulfide) groups is 1. The molecule has 0 bridgehead atoms. The molecule has 0 radical (unpaired) electrons. The van der Waals surface area contributed by atoms with Crippen molar-refractivity contribution in [1.29, 1.82) is 0 Å². The number of anilines is 1. The third-order valence-electron chi connectivity index (χ3n) is 2.57. The minimum atomic E-state index is -0.348. The first-order valence-corrected chi connectivity index (χ1v) is 6.38. The number of nitrogens with one attached hydrogen (secondary N) is 1. The lowest BCUT2D eigenvalue weighted by molar-refractivity contribution is 0.227. The van der Waals surface area contributed by atoms with E-state index in [-0.39, 0.29) is 12.1 Å². The number of aliphatic hydroxyl groups is 1. The molecule has 0 spiro atoms. The van der Waals surface area contributed by atoms with Crippen molar-refractivity contribution in [3.05, 3.63) is 24.3 Å². The standard InChI is InChI=1S/C12H16N2O2S/c1-12(7-15)8-17-11(14-12)13-9-3-5-10(16-2)6-4-9/h3-6,15H,7-8H2,1-2H3,(H,13,14)/t12-/m0/s1. The van der Waals surface area contributed by atoms with Gasteiger partial charge in [-0.25, -0.2) is 0 Å². The largest absolute Gasteiger partial charge is 0.497 e. The number of methoxy groups -OCH3 is 1. The molecule has 4 nitrogen and oxygen atoms in total. The molecule has 0 saturated heterocycles. The van der Waals surface area contributed by atoms with Crippen LogP contribution in [0.1, 0.15) is 6.92 Å². The normalized spacial score (nSPS) is 23.4. The Morgan fingerprint density at radius 2 is 2.18 bits per heavy atom. The topological polar surface area (TPSA) is 53.8 Å². The monoisotopic (exact) mass is 252 g/mol. The van der Waals surface area contributed by atoms with E-state index in [1.807, 2.05) is 31.2 Å². The Morgan fingerprint density at radius 1 is 1.47 bits per heavy atom. The number of aliphatic imine (C=N–C) groups is 1. The zero-order valence-corrected chi connectivity index (χ0v) is 10.8. The molecule has 1 heterocycles. The number of amidine groups is 1. The minimum Gasteiger partial charge on any atom is -0.497 e. The average Bonchev–Trinajstić information content (AvgIpc) is 2.73. The first kappa shape index (κ1) is 12.3. The highest BCUT2D eigenvalue weighted by Gasteiger charge is 2.29. The number of hydrogen-bond acceptors (Lipinski definition) is 5. The summed E-state index contributed by atoms with van der Waals surface area (Å²) in [4.78, 5) is 4.46. The molecule has 1 atom stereocenters. The van der Waals surface area contributed by atoms with E-state index >= 15 is 0 Å². The van der Waals surface area contributed by atoms with Gasteiger partial charge in [-0.3, -0.25) is 4.99 Å². The summed E-state index contributed by atoms with van der Waals surface area (Å²) in [7, 11) is 1.64. The van der Waals surface area contributed by atoms with Crippen LogP contribution in [0.15, 0.2) is 29.3 Å². The van der Waals surface area contributed by atoms with Crippen molar-refractivity contribution in [1.82, 2.24) is 0 Å². The van der Waals surface area contributed by atoms with Gasteiger partial charge in [-0.1, -0.05) is 11.8 Å². The van der Waals surface area contributed by atoms with Crippen LogP contribution in [-0.2, 0) is 0 Å². The lowest BCUT2D eigenvalue weighted by Crippen LogP contribution is -2.26. The molecule has 2 N–H and O–H groups in total. The van der Waals surface area contributed by atoms with Gasteiger partial charge in [0, 0.05) is 11.4 Å². The van der Waals surface area contributed by atoms with Crippen molar-refractivity contribution in [2.24, 2.45) is 4.99 Å². The van der Waals surface area contributed by atoms with Gasteiger partial charge in [0.15, 0.2) is 5.17 Å². The highest BCUT2D eigenvalue weighted by molar-refractivity contribution is 8.14. The SMILES string of the molecule is COc1ccc(NC2=N[C@@](C)(CO)CS2)cc1. The number of nitrogens with zero attached hydrogens (tertiary/aromatic N) is 1. The van der Waals surface area contributed by atoms with Gasteiger partial charge in [-0.2, -0.15) is 0 Å². The molecule has 0 aromatic heterocycles. The molecular formula is C12H16N2O2S. The smallest absolute Gasteiger partial charge is 0.161 e. The van der Waals surface area contributed by atoms with Crippen LogP contribution in [0.3, 0.4) is 0 Å². The molecule has 5 heteroatoms. The Labute approximate surface area is 105 Å². The van der Waals surface area contributed by atoms with Crippen LogP contribution in [0.4, 0.5) is 5.69 Å². The van der Waals surface area contributed by atoms with Crippen LogP contribution < -0.4 is 10.1 Å². The van der Waals surface area contributed by atoms with Crippen molar-refractivity contribution < 1.29 is 9.84 Å². The highest BCUT2D eigenvalue weighted by atomic mass is 32.2. The number of benzene rings is 1. The maximum absolute atomic E-state index is 9.21. The molecule has 0 amide bonds. The predicted molar refractivity (Wildman–Crippen MR) is 72.0 cm³/mol. The number of hydrogen-bond donors (Lipinski definition) is 2. The van der Waals surface area contributed by atoms with Crippen LogP contribution in [0, 0.1) is 0 Å². The summed E-state index contributed by atoms with van der Waals surface area (Å²) in [6.07, 6.45) is 0. The fourth-order valence-electron chi connectivity index (χ4n) is 1.48. The maximum Gasteiger partial charge on any atom is 0.161 e. The Balaban J connectivity index is 2.04. The van der Waals surface area contributed by atoms with Crippen molar-refractivity contribution in [3.8, 4) is 5.75 Å². The van der Waals surface area contributed by atoms with Crippen molar-refractivity contribution in [2.45, 2.75) is 12.5 Å². The Kier molecular flexibility index (Phi) is 3.59. The number of ether oxygens (including phenoxy) is 1. The summed E-state index contributed by atoms with van der Waals surface area (Å²) < 4.78 is 5.09. The van der Waals surface area contributed by atoms with Crippen LogP contribution >= 0.6 is 11.8 Å². The molecular weight excluding hydrogens is 236 g/mol. The summed E-state index contributed by atoms with van der Waals surface area (Å²) in [6.45, 7) is 2.02. The molecule has 0 unspecified atom stereocenters. The molecule has 0 aliphatic carbocycles. The van der Waals surface area contributed by atoms with E-state index in [2.05, 4.69) is 10.3 Å². The van der Waals surface area contributed by atoms with Gasteiger partial charge < -0.3 is 15.2 Å². The number of rotatable bonds is 3. The first-order valence-electron chi connectivity index (χ1n) is 5.40. The van der Waals surface area contributed by atoms with E-state index in [9.17, 15) is 5.11 Å². The predicted octanol–water partition coefficient (Wildman–Crippen LogP) is 1.96. The van der Waals surface area contributed by atoms with Gasteiger partial charge in [0.2, 0.25) is 0 Å². The van der Waals surface area contributed by atoms with Gasteiger partial charge in [0.25, 0.3) is 0 Å². The van der Waals surface area contributed by atoms with Crippen LogP contribution in [0.2, 0.25) is 0 Å². The molecule has 0 fully saturated rings. The fourth-order valence-corrected chi connectivity index (χ4v) is 2.55. The van der Waals surface area contributed by atoms with Crippen molar-refractivity contribution in [3.63, 3.8) is 0 Å². The van der Waals surface area contributed by atoms with Gasteiger partial charge in [0.1, 0.15) is 5.75 Å². The van der Waals surface area contributed by atoms with Gasteiger partial charge in [0.05, 0.1) is 19.3 Å². The quantitative estimate of drug-likeness (QED) is 0.863. The first-order chi connectivity index (χ1) is 8.15. The summed E-state index contributed by atoms with van der Waals surface area (Å²) in [5, 5.41) is 13.3. The van der Waals surface area contributed by atoms with E-state index in [0.29, 0.717) is 0 Å². The van der Waals surface area contributed by atoms with E-state index in [0.717, 1.165) is 22.4 Å². The second-order valence-electron chi connectivity index (χ2n) is 4.21. The summed E-state index contributed by atoms with van der Waals surface area (Å²) in [5.41, 5.74) is 0.624. The van der Waals surface area contributed by atoms with E-state index in [4.69, 9.17) is 4.74 Å². The second-order valence-corrected chi connectivity index (χ2v) is 5.18. The van der Waals surface area contributed by atoms with Gasteiger partial charge in [-0.15, -0.1) is 0 Å². The van der Waals surface area contributed by atoms with Gasteiger partial charge >= 0.3 is 0 Å². The van der Waals surface area contributed by atoms with E-state index < -0.39 is 0 Å². The van der Waals surface area contributed by atoms with Crippen LogP contribution in [0.5, 0.6) is 5.75 Å². The highest BCUT2D eigenvalue weighted by Crippen LogP contribution is 2.28. The molecule has 0 saturated carbocycles. The maximum atomic E-state index is 9.21. The Morgan fingerprint density at radius 3 is 2.71 bits per heavy atom. The minimum absolute atomic E-state index is 0.0772. The fraction of sp³-hybridized carbons (Fsp3) is 0.417. The summed E-state index contributed by atoms with van der Waals surface area (Å²) >= 11 is 1.63. The molecule has 1 aromatic carbocycles. The summed E-state index contributed by atoms with van der Waals surface area (Å²) in [5.74, 6) is 1.64. The zero-order valence-electron chi connectivity index (χ0n) is 9.93. The van der Waals surface area contributed by atoms with Crippen molar-refractivity contribution >= 4 is 22.6 Å². The third kappa shape index (κ3) is 2.92. The Bertz CT molecular complexity index is 419. The van der Waals surface area contributed by atoms with Gasteiger partial charge in [-0.05, 0) is 31.2 Å². The van der Waals surface area contributed by atoms with E-state index in [1.54, 1.807) is 18.9 Å².